The Bertz CT molecular complexity index is 445. The van der Waals surface area contributed by atoms with Crippen molar-refractivity contribution in [3.8, 4) is 0 Å². The minimum absolute atomic E-state index is 0.111. The SMILES string of the molecule is CC(C)CN1CCC(N)C1c1ccc([N+](=O)[O-])cc1. The van der Waals surface area contributed by atoms with Gasteiger partial charge in [-0.2, -0.15) is 0 Å². The molecule has 0 amide bonds. The summed E-state index contributed by atoms with van der Waals surface area (Å²) < 4.78 is 0. The third-order valence-corrected chi connectivity index (χ3v) is 3.59. The van der Waals surface area contributed by atoms with Crippen molar-refractivity contribution in [1.82, 2.24) is 4.90 Å². The van der Waals surface area contributed by atoms with Crippen LogP contribution in [0, 0.1) is 16.0 Å². The summed E-state index contributed by atoms with van der Waals surface area (Å²) in [7, 11) is 0. The number of hydrogen-bond donors (Lipinski definition) is 1. The Morgan fingerprint density at radius 3 is 2.58 bits per heavy atom. The molecule has 0 saturated carbocycles. The second-order valence-corrected chi connectivity index (χ2v) is 5.63. The molecule has 1 aromatic rings. The van der Waals surface area contributed by atoms with Crippen molar-refractivity contribution < 1.29 is 4.92 Å². The zero-order valence-electron chi connectivity index (χ0n) is 11.5. The van der Waals surface area contributed by atoms with Crippen LogP contribution in [0.15, 0.2) is 24.3 Å². The van der Waals surface area contributed by atoms with Crippen LogP contribution in [0.4, 0.5) is 5.69 Å². The first-order valence-corrected chi connectivity index (χ1v) is 6.73. The molecule has 2 rings (SSSR count). The maximum Gasteiger partial charge on any atom is 0.269 e. The average Bonchev–Trinajstić information content (AvgIpc) is 2.70. The molecule has 5 nitrogen and oxygen atoms in total. The fraction of sp³-hybridized carbons (Fsp3) is 0.571. The summed E-state index contributed by atoms with van der Waals surface area (Å²) in [5.41, 5.74) is 7.41. The number of nitro groups is 1. The van der Waals surface area contributed by atoms with Gasteiger partial charge in [-0.3, -0.25) is 15.0 Å². The zero-order valence-corrected chi connectivity index (χ0v) is 11.5. The van der Waals surface area contributed by atoms with Gasteiger partial charge in [0.15, 0.2) is 0 Å². The lowest BCUT2D eigenvalue weighted by Gasteiger charge is -2.28. The monoisotopic (exact) mass is 263 g/mol. The first kappa shape index (κ1) is 14.0. The van der Waals surface area contributed by atoms with E-state index in [0.717, 1.165) is 25.1 Å². The molecular formula is C14H21N3O2. The Morgan fingerprint density at radius 1 is 1.42 bits per heavy atom. The zero-order chi connectivity index (χ0) is 14.0. The molecule has 104 valence electrons. The number of hydrogen-bond acceptors (Lipinski definition) is 4. The Labute approximate surface area is 113 Å². The molecule has 0 aromatic heterocycles. The molecule has 5 heteroatoms. The van der Waals surface area contributed by atoms with Gasteiger partial charge in [0.1, 0.15) is 0 Å². The normalized spacial score (nSPS) is 24.0. The highest BCUT2D eigenvalue weighted by atomic mass is 16.6. The lowest BCUT2D eigenvalue weighted by Crippen LogP contribution is -2.33. The van der Waals surface area contributed by atoms with Crippen LogP contribution in [-0.4, -0.2) is 29.0 Å². The summed E-state index contributed by atoms with van der Waals surface area (Å²) in [5, 5.41) is 10.7. The highest BCUT2D eigenvalue weighted by molar-refractivity contribution is 5.35. The summed E-state index contributed by atoms with van der Waals surface area (Å²) in [5.74, 6) is 0.589. The van der Waals surface area contributed by atoms with Gasteiger partial charge >= 0.3 is 0 Å². The quantitative estimate of drug-likeness (QED) is 0.668. The van der Waals surface area contributed by atoms with Crippen LogP contribution in [0.3, 0.4) is 0 Å². The van der Waals surface area contributed by atoms with Gasteiger partial charge in [0.05, 0.1) is 4.92 Å². The molecule has 0 radical (unpaired) electrons. The van der Waals surface area contributed by atoms with E-state index >= 15 is 0 Å². The molecule has 1 aliphatic rings. The number of rotatable bonds is 4. The van der Waals surface area contributed by atoms with E-state index in [9.17, 15) is 10.1 Å². The van der Waals surface area contributed by atoms with Crippen molar-refractivity contribution in [2.24, 2.45) is 11.7 Å². The lowest BCUT2D eigenvalue weighted by atomic mass is 10.00. The third-order valence-electron chi connectivity index (χ3n) is 3.59. The first-order valence-electron chi connectivity index (χ1n) is 6.73. The number of nitrogens with zero attached hydrogens (tertiary/aromatic N) is 2. The molecular weight excluding hydrogens is 242 g/mol. The molecule has 1 fully saturated rings. The summed E-state index contributed by atoms with van der Waals surface area (Å²) >= 11 is 0. The summed E-state index contributed by atoms with van der Waals surface area (Å²) in [6.07, 6.45) is 0.981. The van der Waals surface area contributed by atoms with E-state index in [4.69, 9.17) is 5.73 Å². The van der Waals surface area contributed by atoms with Gasteiger partial charge in [-0.1, -0.05) is 26.0 Å². The van der Waals surface area contributed by atoms with Gasteiger partial charge < -0.3 is 5.73 Å². The maximum absolute atomic E-state index is 10.7. The average molecular weight is 263 g/mol. The number of non-ortho nitro benzene ring substituents is 1. The van der Waals surface area contributed by atoms with Crippen molar-refractivity contribution in [3.05, 3.63) is 39.9 Å². The molecule has 2 N–H and O–H groups in total. The van der Waals surface area contributed by atoms with Gasteiger partial charge in [-0.05, 0) is 17.9 Å². The van der Waals surface area contributed by atoms with Crippen molar-refractivity contribution in [1.29, 1.82) is 0 Å². The van der Waals surface area contributed by atoms with Gasteiger partial charge in [-0.15, -0.1) is 0 Å². The molecule has 0 bridgehead atoms. The van der Waals surface area contributed by atoms with Crippen molar-refractivity contribution in [3.63, 3.8) is 0 Å². The fourth-order valence-corrected chi connectivity index (χ4v) is 2.81. The second-order valence-electron chi connectivity index (χ2n) is 5.63. The predicted molar refractivity (Wildman–Crippen MR) is 74.8 cm³/mol. The number of nitro benzene ring substituents is 1. The maximum atomic E-state index is 10.7. The van der Waals surface area contributed by atoms with Gasteiger partial charge in [0.2, 0.25) is 0 Å². The predicted octanol–water partition coefficient (Wildman–Crippen LogP) is 2.32. The topological polar surface area (TPSA) is 72.4 Å². The highest BCUT2D eigenvalue weighted by Crippen LogP contribution is 2.32. The molecule has 1 heterocycles. The van der Waals surface area contributed by atoms with E-state index in [0.29, 0.717) is 5.92 Å². The molecule has 0 aliphatic carbocycles. The number of benzene rings is 1. The van der Waals surface area contributed by atoms with Crippen LogP contribution in [0.5, 0.6) is 0 Å². The van der Waals surface area contributed by atoms with Gasteiger partial charge in [0, 0.05) is 37.3 Å². The summed E-state index contributed by atoms with van der Waals surface area (Å²) in [4.78, 5) is 12.7. The Kier molecular flexibility index (Phi) is 4.17. The van der Waals surface area contributed by atoms with E-state index < -0.39 is 0 Å². The minimum Gasteiger partial charge on any atom is -0.326 e. The van der Waals surface area contributed by atoms with Crippen LogP contribution < -0.4 is 5.73 Å². The van der Waals surface area contributed by atoms with E-state index in [1.54, 1.807) is 12.1 Å². The fourth-order valence-electron chi connectivity index (χ4n) is 2.81. The van der Waals surface area contributed by atoms with Crippen LogP contribution >= 0.6 is 0 Å². The first-order chi connectivity index (χ1) is 8.99. The van der Waals surface area contributed by atoms with E-state index in [1.165, 1.54) is 0 Å². The van der Waals surface area contributed by atoms with Crippen molar-refractivity contribution in [2.75, 3.05) is 13.1 Å². The number of likely N-dealkylation sites (tertiary alicyclic amines) is 1. The van der Waals surface area contributed by atoms with Crippen LogP contribution in [-0.2, 0) is 0 Å². The van der Waals surface area contributed by atoms with Crippen molar-refractivity contribution >= 4 is 5.69 Å². The molecule has 19 heavy (non-hydrogen) atoms. The summed E-state index contributed by atoms with van der Waals surface area (Å²) in [6.45, 7) is 6.39. The Morgan fingerprint density at radius 2 is 2.05 bits per heavy atom. The molecule has 1 saturated heterocycles. The van der Waals surface area contributed by atoms with Crippen LogP contribution in [0.25, 0.3) is 0 Å². The smallest absolute Gasteiger partial charge is 0.269 e. The van der Waals surface area contributed by atoms with Gasteiger partial charge in [0.25, 0.3) is 5.69 Å². The van der Waals surface area contributed by atoms with E-state index in [2.05, 4.69) is 18.7 Å². The second kappa shape index (κ2) is 5.67. The van der Waals surface area contributed by atoms with Crippen molar-refractivity contribution in [2.45, 2.75) is 32.4 Å². The summed E-state index contributed by atoms with van der Waals surface area (Å²) in [6, 6.07) is 7.09. The minimum atomic E-state index is -0.371. The van der Waals surface area contributed by atoms with Crippen LogP contribution in [0.1, 0.15) is 31.9 Å². The van der Waals surface area contributed by atoms with E-state index in [1.807, 2.05) is 12.1 Å². The molecule has 2 atom stereocenters. The van der Waals surface area contributed by atoms with Crippen LogP contribution in [0.2, 0.25) is 0 Å². The molecule has 0 spiro atoms. The number of nitrogens with two attached hydrogens (primary N) is 1. The highest BCUT2D eigenvalue weighted by Gasteiger charge is 2.33. The molecule has 1 aliphatic heterocycles. The lowest BCUT2D eigenvalue weighted by molar-refractivity contribution is -0.384. The Hall–Kier alpha value is -1.46. The van der Waals surface area contributed by atoms with E-state index in [-0.39, 0.29) is 22.7 Å². The molecule has 2 unspecified atom stereocenters. The standard InChI is InChI=1S/C14H21N3O2/c1-10(2)9-16-8-7-13(15)14(16)11-3-5-12(6-4-11)17(18)19/h3-6,10,13-14H,7-9,15H2,1-2H3. The Balaban J connectivity index is 2.19. The largest absolute Gasteiger partial charge is 0.326 e. The van der Waals surface area contributed by atoms with Gasteiger partial charge in [-0.25, -0.2) is 0 Å². The molecule has 1 aromatic carbocycles. The third kappa shape index (κ3) is 3.11.